The number of ether oxygens (including phenoxy) is 1. The van der Waals surface area contributed by atoms with Gasteiger partial charge in [-0.25, -0.2) is 10.8 Å². The summed E-state index contributed by atoms with van der Waals surface area (Å²) < 4.78 is 5.22. The topological polar surface area (TPSA) is 85.1 Å². The second kappa shape index (κ2) is 5.52. The molecule has 18 heavy (non-hydrogen) atoms. The van der Waals surface area contributed by atoms with Crippen LogP contribution in [0.5, 0.6) is 5.75 Å². The number of benzene rings is 1. The fraction of sp³-hybridized carbons (Fsp3) is 0.0909. The molecular weight excluding hydrogens is 254 g/mol. The first-order chi connectivity index (χ1) is 8.74. The van der Waals surface area contributed by atoms with Crippen molar-refractivity contribution >= 4 is 29.1 Å². The first-order valence-corrected chi connectivity index (χ1v) is 5.51. The minimum atomic E-state index is 0.275. The molecule has 0 spiro atoms. The van der Waals surface area contributed by atoms with Gasteiger partial charge >= 0.3 is 0 Å². The maximum atomic E-state index is 6.00. The van der Waals surface area contributed by atoms with Gasteiger partial charge in [0.05, 0.1) is 19.0 Å². The van der Waals surface area contributed by atoms with E-state index in [9.17, 15) is 0 Å². The highest BCUT2D eigenvalue weighted by atomic mass is 35.5. The summed E-state index contributed by atoms with van der Waals surface area (Å²) in [6.07, 6.45) is 1.46. The molecule has 0 aliphatic carbocycles. The number of nitrogen functional groups attached to an aromatic ring is 1. The number of nitrogens with two attached hydrogens (primary N) is 1. The zero-order chi connectivity index (χ0) is 13.0. The number of nitrogens with zero attached hydrogens (tertiary/aromatic N) is 2. The summed E-state index contributed by atoms with van der Waals surface area (Å²) in [6.45, 7) is 0. The van der Waals surface area contributed by atoms with E-state index in [-0.39, 0.29) is 5.95 Å². The van der Waals surface area contributed by atoms with Gasteiger partial charge in [-0.3, -0.25) is 5.43 Å². The van der Waals surface area contributed by atoms with Crippen LogP contribution in [0.15, 0.2) is 30.5 Å². The number of hydrogen-bond donors (Lipinski definition) is 3. The van der Waals surface area contributed by atoms with Crippen molar-refractivity contribution in [1.29, 1.82) is 0 Å². The van der Waals surface area contributed by atoms with Crippen molar-refractivity contribution in [2.75, 3.05) is 17.9 Å². The molecule has 7 heteroatoms. The maximum Gasteiger partial charge on any atom is 0.239 e. The third-order valence-electron chi connectivity index (χ3n) is 2.23. The quantitative estimate of drug-likeness (QED) is 0.580. The first kappa shape index (κ1) is 12.4. The summed E-state index contributed by atoms with van der Waals surface area (Å²) in [5, 5.41) is 3.45. The minimum Gasteiger partial charge on any atom is -0.495 e. The van der Waals surface area contributed by atoms with Crippen molar-refractivity contribution in [3.05, 3.63) is 35.5 Å². The van der Waals surface area contributed by atoms with Crippen LogP contribution in [0.3, 0.4) is 0 Å². The number of nitrogens with one attached hydrogen (secondary N) is 2. The first-order valence-electron chi connectivity index (χ1n) is 5.14. The Bertz CT molecular complexity index is 549. The van der Waals surface area contributed by atoms with E-state index in [1.807, 2.05) is 24.3 Å². The van der Waals surface area contributed by atoms with Gasteiger partial charge in [0.15, 0.2) is 5.82 Å². The lowest BCUT2D eigenvalue weighted by atomic mass is 10.3. The second-order valence-corrected chi connectivity index (χ2v) is 3.77. The molecule has 2 rings (SSSR count). The van der Waals surface area contributed by atoms with Crippen LogP contribution in [-0.2, 0) is 0 Å². The highest BCUT2D eigenvalue weighted by Gasteiger charge is 2.08. The van der Waals surface area contributed by atoms with Crippen LogP contribution in [0.1, 0.15) is 0 Å². The van der Waals surface area contributed by atoms with E-state index in [1.165, 1.54) is 6.20 Å². The van der Waals surface area contributed by atoms with Gasteiger partial charge in [-0.1, -0.05) is 23.7 Å². The molecular formula is C11H12ClN5O. The van der Waals surface area contributed by atoms with Gasteiger partial charge in [-0.2, -0.15) is 4.98 Å². The molecule has 4 N–H and O–H groups in total. The number of halogens is 1. The van der Waals surface area contributed by atoms with E-state index in [0.717, 1.165) is 5.69 Å². The van der Waals surface area contributed by atoms with Crippen LogP contribution in [0.4, 0.5) is 17.5 Å². The van der Waals surface area contributed by atoms with E-state index in [4.69, 9.17) is 22.2 Å². The van der Waals surface area contributed by atoms with Crippen molar-refractivity contribution in [3.63, 3.8) is 0 Å². The summed E-state index contributed by atoms with van der Waals surface area (Å²) in [5.74, 6) is 6.66. The second-order valence-electron chi connectivity index (χ2n) is 3.36. The molecule has 0 aliphatic rings. The lowest BCUT2D eigenvalue weighted by Crippen LogP contribution is -2.11. The van der Waals surface area contributed by atoms with Crippen LogP contribution in [0.2, 0.25) is 5.02 Å². The Morgan fingerprint density at radius 2 is 2.11 bits per heavy atom. The van der Waals surface area contributed by atoms with Gasteiger partial charge in [0.2, 0.25) is 5.95 Å². The lowest BCUT2D eigenvalue weighted by Gasteiger charge is -2.11. The van der Waals surface area contributed by atoms with E-state index < -0.39 is 0 Å². The minimum absolute atomic E-state index is 0.275. The third kappa shape index (κ3) is 2.61. The van der Waals surface area contributed by atoms with Crippen molar-refractivity contribution < 1.29 is 4.74 Å². The average molecular weight is 266 g/mol. The van der Waals surface area contributed by atoms with Gasteiger partial charge in [-0.05, 0) is 12.1 Å². The Labute approximate surface area is 109 Å². The number of methoxy groups -OCH3 is 1. The number of aromatic nitrogens is 2. The van der Waals surface area contributed by atoms with E-state index in [0.29, 0.717) is 16.6 Å². The smallest absolute Gasteiger partial charge is 0.239 e. The van der Waals surface area contributed by atoms with Gasteiger partial charge < -0.3 is 10.1 Å². The number of anilines is 3. The number of rotatable bonds is 4. The van der Waals surface area contributed by atoms with Crippen molar-refractivity contribution in [1.82, 2.24) is 9.97 Å². The van der Waals surface area contributed by atoms with Crippen LogP contribution in [0, 0.1) is 0 Å². The summed E-state index contributed by atoms with van der Waals surface area (Å²) in [4.78, 5) is 8.01. The Kier molecular flexibility index (Phi) is 3.81. The van der Waals surface area contributed by atoms with Crippen LogP contribution in [0.25, 0.3) is 0 Å². The van der Waals surface area contributed by atoms with E-state index in [1.54, 1.807) is 7.11 Å². The summed E-state index contributed by atoms with van der Waals surface area (Å²) in [5.41, 5.74) is 3.11. The number of hydrogen-bond acceptors (Lipinski definition) is 6. The summed E-state index contributed by atoms with van der Waals surface area (Å²) in [6, 6.07) is 7.44. The molecule has 0 unspecified atom stereocenters. The molecule has 1 aromatic heterocycles. The molecule has 0 aliphatic heterocycles. The molecule has 94 valence electrons. The summed E-state index contributed by atoms with van der Waals surface area (Å²) in [7, 11) is 1.59. The van der Waals surface area contributed by atoms with Crippen molar-refractivity contribution in [3.8, 4) is 5.75 Å². The molecule has 1 heterocycles. The zero-order valence-electron chi connectivity index (χ0n) is 9.64. The highest BCUT2D eigenvalue weighted by molar-refractivity contribution is 6.32. The largest absolute Gasteiger partial charge is 0.495 e. The van der Waals surface area contributed by atoms with Crippen LogP contribution < -0.4 is 21.3 Å². The van der Waals surface area contributed by atoms with Crippen molar-refractivity contribution in [2.45, 2.75) is 0 Å². The van der Waals surface area contributed by atoms with Gasteiger partial charge in [-0.15, -0.1) is 0 Å². The number of para-hydroxylation sites is 2. The molecule has 0 fully saturated rings. The van der Waals surface area contributed by atoms with Crippen LogP contribution in [-0.4, -0.2) is 17.1 Å². The molecule has 0 radical (unpaired) electrons. The molecule has 0 bridgehead atoms. The predicted octanol–water partition coefficient (Wildman–Crippen LogP) is 2.17. The fourth-order valence-electron chi connectivity index (χ4n) is 1.40. The normalized spacial score (nSPS) is 9.94. The third-order valence-corrected chi connectivity index (χ3v) is 2.51. The Morgan fingerprint density at radius 1 is 1.33 bits per heavy atom. The monoisotopic (exact) mass is 265 g/mol. The molecule has 6 nitrogen and oxygen atoms in total. The highest BCUT2D eigenvalue weighted by Crippen LogP contribution is 2.29. The van der Waals surface area contributed by atoms with E-state index in [2.05, 4.69) is 20.7 Å². The van der Waals surface area contributed by atoms with Gasteiger partial charge in [0.25, 0.3) is 0 Å². The molecule has 0 saturated heterocycles. The zero-order valence-corrected chi connectivity index (χ0v) is 10.4. The Balaban J connectivity index is 2.33. The SMILES string of the molecule is COc1ccccc1Nc1nc(NN)ncc1Cl. The molecule has 0 saturated carbocycles. The van der Waals surface area contributed by atoms with Gasteiger partial charge in [0.1, 0.15) is 10.8 Å². The summed E-state index contributed by atoms with van der Waals surface area (Å²) >= 11 is 6.00. The maximum absolute atomic E-state index is 6.00. The molecule has 1 aromatic carbocycles. The Hall–Kier alpha value is -2.05. The predicted molar refractivity (Wildman–Crippen MR) is 71.1 cm³/mol. The molecule has 2 aromatic rings. The van der Waals surface area contributed by atoms with E-state index >= 15 is 0 Å². The van der Waals surface area contributed by atoms with Crippen LogP contribution >= 0.6 is 11.6 Å². The van der Waals surface area contributed by atoms with Crippen molar-refractivity contribution in [2.24, 2.45) is 5.84 Å². The fourth-order valence-corrected chi connectivity index (χ4v) is 1.54. The molecule has 0 amide bonds. The Morgan fingerprint density at radius 3 is 2.83 bits per heavy atom. The van der Waals surface area contributed by atoms with Gasteiger partial charge in [0, 0.05) is 0 Å². The standard InChI is InChI=1S/C11H12ClN5O/c1-18-9-5-3-2-4-8(9)15-10-7(12)6-14-11(16-10)17-13/h2-6H,13H2,1H3,(H2,14,15,16,17). The lowest BCUT2D eigenvalue weighted by molar-refractivity contribution is 0.417. The average Bonchev–Trinajstić information content (AvgIpc) is 2.42. The number of hydrazine groups is 1. The molecule has 0 atom stereocenters.